The summed E-state index contributed by atoms with van der Waals surface area (Å²) in [6, 6.07) is 18.4. The van der Waals surface area contributed by atoms with Crippen molar-refractivity contribution in [3.05, 3.63) is 71.8 Å². The van der Waals surface area contributed by atoms with Gasteiger partial charge in [0.2, 0.25) is 5.91 Å². The van der Waals surface area contributed by atoms with Crippen LogP contribution in [0.5, 0.6) is 0 Å². The third kappa shape index (κ3) is 7.17. The Bertz CT molecular complexity index is 962. The molecular formula is C25H29N3O4. The SMILES string of the molecule is C#CN(C(=O)C(C)NC(=O)OC(C)(C)C)C(C(=O)NCc1ccccc1)c1ccccc1. The maximum atomic E-state index is 13.1. The molecule has 2 N–H and O–H groups in total. The molecular weight excluding hydrogens is 406 g/mol. The molecule has 7 heteroatoms. The highest BCUT2D eigenvalue weighted by molar-refractivity contribution is 5.93. The maximum Gasteiger partial charge on any atom is 0.408 e. The van der Waals surface area contributed by atoms with Crippen LogP contribution in [-0.2, 0) is 20.9 Å². The number of benzene rings is 2. The van der Waals surface area contributed by atoms with Crippen LogP contribution >= 0.6 is 0 Å². The zero-order valence-corrected chi connectivity index (χ0v) is 18.8. The summed E-state index contributed by atoms with van der Waals surface area (Å²) >= 11 is 0. The first-order chi connectivity index (χ1) is 15.1. The molecule has 2 rings (SSSR count). The summed E-state index contributed by atoms with van der Waals surface area (Å²) < 4.78 is 5.20. The highest BCUT2D eigenvalue weighted by atomic mass is 16.6. The topological polar surface area (TPSA) is 87.7 Å². The summed E-state index contributed by atoms with van der Waals surface area (Å²) in [6.45, 7) is 6.92. The molecule has 2 atom stereocenters. The zero-order valence-electron chi connectivity index (χ0n) is 18.8. The summed E-state index contributed by atoms with van der Waals surface area (Å²) in [4.78, 5) is 39.3. The molecule has 0 radical (unpaired) electrons. The van der Waals surface area contributed by atoms with Crippen LogP contribution in [0, 0.1) is 12.5 Å². The van der Waals surface area contributed by atoms with Crippen molar-refractivity contribution in [2.24, 2.45) is 0 Å². The Morgan fingerprint density at radius 1 is 1.03 bits per heavy atom. The molecule has 3 amide bonds. The van der Waals surface area contributed by atoms with E-state index in [0.717, 1.165) is 10.5 Å². The molecule has 0 aliphatic heterocycles. The number of carbonyl (C=O) groups is 3. The van der Waals surface area contributed by atoms with Gasteiger partial charge < -0.3 is 15.4 Å². The van der Waals surface area contributed by atoms with Gasteiger partial charge in [-0.25, -0.2) is 4.79 Å². The molecule has 2 unspecified atom stereocenters. The molecule has 7 nitrogen and oxygen atoms in total. The lowest BCUT2D eigenvalue weighted by molar-refractivity contribution is -0.138. The Balaban J connectivity index is 2.22. The number of amides is 3. The number of hydrogen-bond donors (Lipinski definition) is 2. The second kappa shape index (κ2) is 11.0. The van der Waals surface area contributed by atoms with Gasteiger partial charge in [0, 0.05) is 12.6 Å². The number of carbonyl (C=O) groups excluding carboxylic acids is 3. The molecule has 0 saturated carbocycles. The lowest BCUT2D eigenvalue weighted by Crippen LogP contribution is -2.50. The normalized spacial score (nSPS) is 12.6. The summed E-state index contributed by atoms with van der Waals surface area (Å²) in [5, 5.41) is 5.31. The third-order valence-corrected chi connectivity index (χ3v) is 4.41. The van der Waals surface area contributed by atoms with E-state index in [1.54, 1.807) is 51.1 Å². The van der Waals surface area contributed by atoms with Crippen molar-refractivity contribution in [1.82, 2.24) is 15.5 Å². The zero-order chi connectivity index (χ0) is 23.7. The molecule has 32 heavy (non-hydrogen) atoms. The van der Waals surface area contributed by atoms with Gasteiger partial charge in [-0.3, -0.25) is 14.5 Å². The standard InChI is InChI=1S/C25H29N3O4/c1-6-28(23(30)18(2)27-24(31)32-25(3,4)5)21(20-15-11-8-12-16-20)22(29)26-17-19-13-9-7-10-14-19/h1,7-16,18,21H,17H2,2-5H3,(H,26,29)(H,27,31). The van der Waals surface area contributed by atoms with Gasteiger partial charge in [-0.2, -0.15) is 0 Å². The minimum absolute atomic E-state index is 0.279. The van der Waals surface area contributed by atoms with Crippen LogP contribution in [0.3, 0.4) is 0 Å². The van der Waals surface area contributed by atoms with Crippen LogP contribution in [-0.4, -0.2) is 34.5 Å². The number of rotatable bonds is 7. The van der Waals surface area contributed by atoms with Crippen LogP contribution < -0.4 is 10.6 Å². The van der Waals surface area contributed by atoms with E-state index in [1.807, 2.05) is 30.3 Å². The van der Waals surface area contributed by atoms with Crippen LogP contribution in [0.15, 0.2) is 60.7 Å². The second-order valence-corrected chi connectivity index (χ2v) is 8.22. The Labute approximate surface area is 189 Å². The molecule has 0 heterocycles. The minimum atomic E-state index is -1.07. The monoisotopic (exact) mass is 435 g/mol. The van der Waals surface area contributed by atoms with Crippen molar-refractivity contribution in [3.63, 3.8) is 0 Å². The number of terminal acetylenes is 1. The van der Waals surface area contributed by atoms with Crippen LogP contribution in [0.25, 0.3) is 0 Å². The second-order valence-electron chi connectivity index (χ2n) is 8.22. The van der Waals surface area contributed by atoms with Crippen LogP contribution in [0.1, 0.15) is 44.9 Å². The molecule has 2 aromatic rings. The predicted molar refractivity (Wildman–Crippen MR) is 122 cm³/mol. The summed E-state index contributed by atoms with van der Waals surface area (Å²) in [5.74, 6) is -1.04. The molecule has 168 valence electrons. The number of hydrogen-bond acceptors (Lipinski definition) is 4. The number of ether oxygens (including phenoxy) is 1. The van der Waals surface area contributed by atoms with Gasteiger partial charge >= 0.3 is 6.09 Å². The lowest BCUT2D eigenvalue weighted by Gasteiger charge is -2.29. The summed E-state index contributed by atoms with van der Waals surface area (Å²) in [5.41, 5.74) is 0.739. The Hall–Kier alpha value is -3.79. The fourth-order valence-electron chi connectivity index (χ4n) is 2.95. The average molecular weight is 436 g/mol. The first-order valence-corrected chi connectivity index (χ1v) is 10.3. The Morgan fingerprint density at radius 3 is 2.12 bits per heavy atom. The number of nitrogens with one attached hydrogen (secondary N) is 2. The number of alkyl carbamates (subject to hydrolysis) is 1. The molecule has 0 saturated heterocycles. The van der Waals surface area contributed by atoms with Gasteiger partial charge in [-0.15, -0.1) is 0 Å². The van der Waals surface area contributed by atoms with Gasteiger partial charge in [0.25, 0.3) is 5.91 Å². The highest BCUT2D eigenvalue weighted by Crippen LogP contribution is 2.22. The van der Waals surface area contributed by atoms with E-state index in [0.29, 0.717) is 5.56 Å². The van der Waals surface area contributed by atoms with E-state index in [9.17, 15) is 14.4 Å². The van der Waals surface area contributed by atoms with Gasteiger partial charge in [0.1, 0.15) is 17.7 Å². The third-order valence-electron chi connectivity index (χ3n) is 4.41. The van der Waals surface area contributed by atoms with E-state index in [-0.39, 0.29) is 6.54 Å². The molecule has 0 aliphatic carbocycles. The fourth-order valence-corrected chi connectivity index (χ4v) is 2.95. The van der Waals surface area contributed by atoms with E-state index < -0.39 is 35.6 Å². The molecule has 0 fully saturated rings. The van der Waals surface area contributed by atoms with E-state index >= 15 is 0 Å². The van der Waals surface area contributed by atoms with Crippen molar-refractivity contribution >= 4 is 17.9 Å². The molecule has 0 spiro atoms. The quantitative estimate of drug-likeness (QED) is 0.516. The van der Waals surface area contributed by atoms with Crippen molar-refractivity contribution in [2.75, 3.05) is 0 Å². The largest absolute Gasteiger partial charge is 0.444 e. The number of nitrogens with zero attached hydrogens (tertiary/aromatic N) is 1. The lowest BCUT2D eigenvalue weighted by atomic mass is 10.0. The minimum Gasteiger partial charge on any atom is -0.444 e. The van der Waals surface area contributed by atoms with Crippen molar-refractivity contribution < 1.29 is 19.1 Å². The average Bonchev–Trinajstić information content (AvgIpc) is 2.75. The molecule has 2 aromatic carbocycles. The molecule has 0 bridgehead atoms. The van der Waals surface area contributed by atoms with Crippen LogP contribution in [0.4, 0.5) is 4.79 Å². The van der Waals surface area contributed by atoms with E-state index in [4.69, 9.17) is 11.2 Å². The summed E-state index contributed by atoms with van der Waals surface area (Å²) in [6.07, 6.45) is 4.91. The van der Waals surface area contributed by atoms with Gasteiger partial charge in [0.15, 0.2) is 0 Å². The smallest absolute Gasteiger partial charge is 0.408 e. The first kappa shape index (κ1) is 24.5. The highest BCUT2D eigenvalue weighted by Gasteiger charge is 2.34. The summed E-state index contributed by atoms with van der Waals surface area (Å²) in [7, 11) is 0. The molecule has 0 aromatic heterocycles. The van der Waals surface area contributed by atoms with Crippen molar-refractivity contribution in [2.45, 2.75) is 51.9 Å². The predicted octanol–water partition coefficient (Wildman–Crippen LogP) is 3.38. The maximum absolute atomic E-state index is 13.1. The van der Waals surface area contributed by atoms with Gasteiger partial charge in [0.05, 0.1) is 0 Å². The van der Waals surface area contributed by atoms with Crippen molar-refractivity contribution in [3.8, 4) is 12.5 Å². The van der Waals surface area contributed by atoms with E-state index in [1.165, 1.54) is 6.92 Å². The van der Waals surface area contributed by atoms with Crippen LogP contribution in [0.2, 0.25) is 0 Å². The van der Waals surface area contributed by atoms with E-state index in [2.05, 4.69) is 16.7 Å². The Kier molecular flexibility index (Phi) is 8.42. The van der Waals surface area contributed by atoms with Gasteiger partial charge in [-0.1, -0.05) is 67.1 Å². The molecule has 0 aliphatic rings. The Morgan fingerprint density at radius 2 is 1.59 bits per heavy atom. The fraction of sp³-hybridized carbons (Fsp3) is 0.320. The van der Waals surface area contributed by atoms with Gasteiger partial charge in [-0.05, 0) is 38.8 Å². The van der Waals surface area contributed by atoms with Crippen molar-refractivity contribution in [1.29, 1.82) is 0 Å². The first-order valence-electron chi connectivity index (χ1n) is 10.3.